The number of carbonyl (C=O) groups is 1. The molecule has 1 heterocycles. The lowest BCUT2D eigenvalue weighted by Gasteiger charge is -2.11. The Bertz CT molecular complexity index is 348. The normalized spacial score (nSPS) is 12.4. The van der Waals surface area contributed by atoms with Crippen LogP contribution in [-0.2, 0) is 14.3 Å². The molecule has 0 aliphatic rings. The topological polar surface area (TPSA) is 60.7 Å². The van der Waals surface area contributed by atoms with Gasteiger partial charge in [0.05, 0.1) is 19.3 Å². The van der Waals surface area contributed by atoms with Gasteiger partial charge < -0.3 is 19.2 Å². The van der Waals surface area contributed by atoms with E-state index in [-0.39, 0.29) is 18.6 Å². The highest BCUT2D eigenvalue weighted by atomic mass is 16.5. The van der Waals surface area contributed by atoms with E-state index in [0.717, 1.165) is 11.5 Å². The van der Waals surface area contributed by atoms with E-state index < -0.39 is 0 Å². The van der Waals surface area contributed by atoms with Gasteiger partial charge in [-0.05, 0) is 26.0 Å². The van der Waals surface area contributed by atoms with E-state index in [1.165, 1.54) is 0 Å². The number of amides is 1. The van der Waals surface area contributed by atoms with Crippen molar-refractivity contribution in [3.63, 3.8) is 0 Å². The fourth-order valence-corrected chi connectivity index (χ4v) is 1.35. The fraction of sp³-hybridized carbons (Fsp3) is 0.583. The molecule has 1 rings (SSSR count). The Morgan fingerprint density at radius 2 is 2.24 bits per heavy atom. The quantitative estimate of drug-likeness (QED) is 0.733. The highest BCUT2D eigenvalue weighted by molar-refractivity contribution is 5.77. The molecule has 1 N–H and O–H groups in total. The molecule has 1 atom stereocenters. The maximum atomic E-state index is 11.5. The third-order valence-electron chi connectivity index (χ3n) is 2.23. The summed E-state index contributed by atoms with van der Waals surface area (Å²) in [4.78, 5) is 11.5. The summed E-state index contributed by atoms with van der Waals surface area (Å²) in [6.07, 6.45) is 0. The smallest absolute Gasteiger partial charge is 0.246 e. The van der Waals surface area contributed by atoms with E-state index >= 15 is 0 Å². The molecule has 1 unspecified atom stereocenters. The summed E-state index contributed by atoms with van der Waals surface area (Å²) in [5.74, 6) is 1.41. The van der Waals surface area contributed by atoms with Gasteiger partial charge in [-0.3, -0.25) is 4.79 Å². The standard InChI is InChI=1S/C12H19NO4/c1-9-4-5-11(17-9)10(2)13-12(14)8-16-7-6-15-3/h4-5,10H,6-8H2,1-3H3,(H,13,14). The first-order valence-electron chi connectivity index (χ1n) is 5.56. The monoisotopic (exact) mass is 241 g/mol. The molecule has 1 amide bonds. The Hall–Kier alpha value is -1.33. The summed E-state index contributed by atoms with van der Waals surface area (Å²) in [5, 5.41) is 2.79. The van der Waals surface area contributed by atoms with Crippen LogP contribution in [0.5, 0.6) is 0 Å². The molecule has 0 bridgehead atoms. The molecule has 0 fully saturated rings. The van der Waals surface area contributed by atoms with Crippen molar-refractivity contribution < 1.29 is 18.7 Å². The largest absolute Gasteiger partial charge is 0.464 e. The number of aryl methyl sites for hydroxylation is 1. The molecule has 5 heteroatoms. The van der Waals surface area contributed by atoms with Gasteiger partial charge in [-0.15, -0.1) is 0 Å². The van der Waals surface area contributed by atoms with Crippen molar-refractivity contribution in [1.29, 1.82) is 0 Å². The van der Waals surface area contributed by atoms with Gasteiger partial charge in [0.2, 0.25) is 5.91 Å². The van der Waals surface area contributed by atoms with E-state index in [1.807, 2.05) is 26.0 Å². The molecule has 0 saturated carbocycles. The lowest BCUT2D eigenvalue weighted by molar-refractivity contribution is -0.126. The summed E-state index contributed by atoms with van der Waals surface area (Å²) in [7, 11) is 1.59. The average Bonchev–Trinajstić information content (AvgIpc) is 2.71. The van der Waals surface area contributed by atoms with Crippen LogP contribution >= 0.6 is 0 Å². The molecule has 17 heavy (non-hydrogen) atoms. The van der Waals surface area contributed by atoms with Crippen molar-refractivity contribution in [3.8, 4) is 0 Å². The molecule has 96 valence electrons. The van der Waals surface area contributed by atoms with E-state index in [9.17, 15) is 4.79 Å². The van der Waals surface area contributed by atoms with Gasteiger partial charge in [0.25, 0.3) is 0 Å². The second kappa shape index (κ2) is 7.09. The molecule has 1 aromatic rings. The molecular formula is C12H19NO4. The third-order valence-corrected chi connectivity index (χ3v) is 2.23. The minimum Gasteiger partial charge on any atom is -0.464 e. The van der Waals surface area contributed by atoms with Gasteiger partial charge in [0, 0.05) is 7.11 Å². The summed E-state index contributed by atoms with van der Waals surface area (Å²) >= 11 is 0. The number of hydrogen-bond donors (Lipinski definition) is 1. The van der Waals surface area contributed by atoms with Gasteiger partial charge in [0.1, 0.15) is 18.1 Å². The highest BCUT2D eigenvalue weighted by Gasteiger charge is 2.12. The second-order valence-electron chi connectivity index (χ2n) is 3.78. The molecule has 0 aliphatic carbocycles. The highest BCUT2D eigenvalue weighted by Crippen LogP contribution is 2.15. The van der Waals surface area contributed by atoms with Crippen molar-refractivity contribution in [3.05, 3.63) is 23.7 Å². The minimum atomic E-state index is -0.164. The zero-order valence-corrected chi connectivity index (χ0v) is 10.5. The summed E-state index contributed by atoms with van der Waals surface area (Å²) < 4.78 is 15.3. The summed E-state index contributed by atoms with van der Waals surface area (Å²) in [5.41, 5.74) is 0. The molecule has 0 aromatic carbocycles. The van der Waals surface area contributed by atoms with Crippen LogP contribution in [0.2, 0.25) is 0 Å². The number of rotatable bonds is 7. The zero-order valence-electron chi connectivity index (χ0n) is 10.5. The van der Waals surface area contributed by atoms with E-state index in [2.05, 4.69) is 5.32 Å². The fourth-order valence-electron chi connectivity index (χ4n) is 1.35. The zero-order chi connectivity index (χ0) is 12.7. The first-order chi connectivity index (χ1) is 8.13. The van der Waals surface area contributed by atoms with Crippen molar-refractivity contribution >= 4 is 5.91 Å². The van der Waals surface area contributed by atoms with Crippen molar-refractivity contribution in [2.75, 3.05) is 26.9 Å². The van der Waals surface area contributed by atoms with Crippen LogP contribution in [0.1, 0.15) is 24.5 Å². The lowest BCUT2D eigenvalue weighted by Crippen LogP contribution is -2.30. The molecule has 5 nitrogen and oxygen atoms in total. The van der Waals surface area contributed by atoms with Crippen LogP contribution in [0.3, 0.4) is 0 Å². The number of carbonyl (C=O) groups excluding carboxylic acids is 1. The van der Waals surface area contributed by atoms with Crippen molar-refractivity contribution in [2.45, 2.75) is 19.9 Å². The number of ether oxygens (including phenoxy) is 2. The van der Waals surface area contributed by atoms with Crippen molar-refractivity contribution in [2.24, 2.45) is 0 Å². The van der Waals surface area contributed by atoms with Gasteiger partial charge in [-0.1, -0.05) is 0 Å². The van der Waals surface area contributed by atoms with Crippen LogP contribution in [0.15, 0.2) is 16.5 Å². The second-order valence-corrected chi connectivity index (χ2v) is 3.78. The SMILES string of the molecule is COCCOCC(=O)NC(C)c1ccc(C)o1. The molecular weight excluding hydrogens is 222 g/mol. The van der Waals surface area contributed by atoms with Gasteiger partial charge in [-0.25, -0.2) is 0 Å². The molecule has 0 saturated heterocycles. The van der Waals surface area contributed by atoms with E-state index in [1.54, 1.807) is 7.11 Å². The summed E-state index contributed by atoms with van der Waals surface area (Å²) in [6.45, 7) is 4.67. The van der Waals surface area contributed by atoms with Crippen molar-refractivity contribution in [1.82, 2.24) is 5.32 Å². The number of methoxy groups -OCH3 is 1. The summed E-state index contributed by atoms with van der Waals surface area (Å²) in [6, 6.07) is 3.57. The molecule has 0 radical (unpaired) electrons. The third kappa shape index (κ3) is 5.01. The van der Waals surface area contributed by atoms with Gasteiger partial charge in [-0.2, -0.15) is 0 Å². The molecule has 1 aromatic heterocycles. The first kappa shape index (κ1) is 13.7. The molecule has 0 spiro atoms. The van der Waals surface area contributed by atoms with Crippen LogP contribution in [0.25, 0.3) is 0 Å². The van der Waals surface area contributed by atoms with E-state index in [0.29, 0.717) is 13.2 Å². The first-order valence-corrected chi connectivity index (χ1v) is 5.56. The van der Waals surface area contributed by atoms with Gasteiger partial charge in [0.15, 0.2) is 0 Å². The lowest BCUT2D eigenvalue weighted by atomic mass is 10.2. The Morgan fingerprint density at radius 3 is 2.82 bits per heavy atom. The number of hydrogen-bond acceptors (Lipinski definition) is 4. The predicted molar refractivity (Wildman–Crippen MR) is 62.7 cm³/mol. The van der Waals surface area contributed by atoms with E-state index in [4.69, 9.17) is 13.9 Å². The molecule has 0 aliphatic heterocycles. The van der Waals surface area contributed by atoms with Crippen LogP contribution in [0.4, 0.5) is 0 Å². The minimum absolute atomic E-state index is 0.0351. The number of furan rings is 1. The predicted octanol–water partition coefficient (Wildman–Crippen LogP) is 1.43. The van der Waals surface area contributed by atoms with Crippen LogP contribution < -0.4 is 5.32 Å². The maximum Gasteiger partial charge on any atom is 0.246 e. The Kier molecular flexibility index (Phi) is 5.72. The Morgan fingerprint density at radius 1 is 1.47 bits per heavy atom. The van der Waals surface area contributed by atoms with Crippen LogP contribution in [0, 0.1) is 6.92 Å². The Labute approximate surface area is 101 Å². The van der Waals surface area contributed by atoms with Crippen LogP contribution in [-0.4, -0.2) is 32.8 Å². The number of nitrogens with one attached hydrogen (secondary N) is 1. The Balaban J connectivity index is 2.26. The average molecular weight is 241 g/mol. The maximum absolute atomic E-state index is 11.5. The van der Waals surface area contributed by atoms with Gasteiger partial charge >= 0.3 is 0 Å².